The normalized spacial score (nSPS) is 10.9. The molecule has 2 rings (SSSR count). The standard InChI is InChI=1S/C13H15NO2/c1-9-3-4-12-10(7-9)8-13(16-12)11(15)5-6-14-2/h3-4,7-8,14H,5-6H2,1-2H3. The van der Waals surface area contributed by atoms with Crippen LogP contribution in [0.2, 0.25) is 0 Å². The lowest BCUT2D eigenvalue weighted by atomic mass is 10.1. The number of nitrogens with one attached hydrogen (secondary N) is 1. The number of hydrogen-bond acceptors (Lipinski definition) is 3. The van der Waals surface area contributed by atoms with Crippen LogP contribution in [0.1, 0.15) is 22.5 Å². The van der Waals surface area contributed by atoms with Crippen LogP contribution in [0.3, 0.4) is 0 Å². The van der Waals surface area contributed by atoms with Crippen molar-refractivity contribution in [1.82, 2.24) is 5.32 Å². The van der Waals surface area contributed by atoms with E-state index < -0.39 is 0 Å². The maximum Gasteiger partial charge on any atom is 0.199 e. The van der Waals surface area contributed by atoms with E-state index in [1.165, 1.54) is 5.56 Å². The first-order valence-electron chi connectivity index (χ1n) is 5.38. The fourth-order valence-electron chi connectivity index (χ4n) is 1.66. The second-order valence-electron chi connectivity index (χ2n) is 3.93. The van der Waals surface area contributed by atoms with Gasteiger partial charge in [-0.05, 0) is 32.2 Å². The van der Waals surface area contributed by atoms with Gasteiger partial charge in [0.05, 0.1) is 0 Å². The molecule has 3 nitrogen and oxygen atoms in total. The van der Waals surface area contributed by atoms with Gasteiger partial charge in [-0.1, -0.05) is 11.6 Å². The van der Waals surface area contributed by atoms with Gasteiger partial charge in [0.15, 0.2) is 11.5 Å². The molecule has 1 N–H and O–H groups in total. The van der Waals surface area contributed by atoms with Crippen molar-refractivity contribution in [3.05, 3.63) is 35.6 Å². The Morgan fingerprint density at radius 3 is 2.94 bits per heavy atom. The fraction of sp³-hybridized carbons (Fsp3) is 0.308. The van der Waals surface area contributed by atoms with Gasteiger partial charge < -0.3 is 9.73 Å². The summed E-state index contributed by atoms with van der Waals surface area (Å²) in [6.45, 7) is 2.70. The van der Waals surface area contributed by atoms with E-state index in [9.17, 15) is 4.79 Å². The Kier molecular flexibility index (Phi) is 3.06. The third-order valence-corrected chi connectivity index (χ3v) is 2.55. The van der Waals surface area contributed by atoms with Crippen LogP contribution >= 0.6 is 0 Å². The lowest BCUT2D eigenvalue weighted by Crippen LogP contribution is -2.12. The zero-order valence-corrected chi connectivity index (χ0v) is 9.54. The Bertz CT molecular complexity index is 514. The number of aryl methyl sites for hydroxylation is 1. The van der Waals surface area contributed by atoms with Gasteiger partial charge in [-0.3, -0.25) is 4.79 Å². The van der Waals surface area contributed by atoms with E-state index in [4.69, 9.17) is 4.42 Å². The van der Waals surface area contributed by atoms with Gasteiger partial charge in [-0.25, -0.2) is 0 Å². The SMILES string of the molecule is CNCCC(=O)c1cc2cc(C)ccc2o1. The van der Waals surface area contributed by atoms with Crippen molar-refractivity contribution >= 4 is 16.8 Å². The molecule has 0 radical (unpaired) electrons. The van der Waals surface area contributed by atoms with Crippen LogP contribution < -0.4 is 5.32 Å². The number of carbonyl (C=O) groups is 1. The van der Waals surface area contributed by atoms with E-state index >= 15 is 0 Å². The number of benzene rings is 1. The van der Waals surface area contributed by atoms with Crippen molar-refractivity contribution in [2.75, 3.05) is 13.6 Å². The molecule has 1 aromatic carbocycles. The van der Waals surface area contributed by atoms with Crippen LogP contribution in [0.5, 0.6) is 0 Å². The molecule has 0 aliphatic heterocycles. The molecule has 1 heterocycles. The molecule has 0 aliphatic carbocycles. The summed E-state index contributed by atoms with van der Waals surface area (Å²) in [7, 11) is 1.83. The Morgan fingerprint density at radius 1 is 1.38 bits per heavy atom. The van der Waals surface area contributed by atoms with Crippen LogP contribution in [-0.4, -0.2) is 19.4 Å². The Balaban J connectivity index is 2.28. The zero-order chi connectivity index (χ0) is 11.5. The minimum Gasteiger partial charge on any atom is -0.453 e. The minimum atomic E-state index is 0.0446. The molecule has 0 fully saturated rings. The van der Waals surface area contributed by atoms with Crippen LogP contribution in [-0.2, 0) is 0 Å². The Morgan fingerprint density at radius 2 is 2.19 bits per heavy atom. The lowest BCUT2D eigenvalue weighted by Gasteiger charge is -1.95. The van der Waals surface area contributed by atoms with Crippen LogP contribution in [0.25, 0.3) is 11.0 Å². The molecule has 0 unspecified atom stereocenters. The van der Waals surface area contributed by atoms with Gasteiger partial charge in [-0.2, -0.15) is 0 Å². The van der Waals surface area contributed by atoms with Crippen LogP contribution in [0.15, 0.2) is 28.7 Å². The molecule has 16 heavy (non-hydrogen) atoms. The molecule has 1 aromatic heterocycles. The van der Waals surface area contributed by atoms with Crippen molar-refractivity contribution in [1.29, 1.82) is 0 Å². The van der Waals surface area contributed by atoms with Crippen molar-refractivity contribution in [2.45, 2.75) is 13.3 Å². The third kappa shape index (κ3) is 2.14. The summed E-state index contributed by atoms with van der Waals surface area (Å²) in [6.07, 6.45) is 0.468. The number of rotatable bonds is 4. The monoisotopic (exact) mass is 217 g/mol. The topological polar surface area (TPSA) is 42.2 Å². The second kappa shape index (κ2) is 4.49. The number of hydrogen-bond donors (Lipinski definition) is 1. The predicted molar refractivity (Wildman–Crippen MR) is 63.8 cm³/mol. The zero-order valence-electron chi connectivity index (χ0n) is 9.54. The molecule has 0 saturated carbocycles. The Hall–Kier alpha value is -1.61. The van der Waals surface area contributed by atoms with Gasteiger partial charge in [0.1, 0.15) is 5.58 Å². The molecule has 0 amide bonds. The quantitative estimate of drug-likeness (QED) is 0.800. The molecule has 0 atom stereocenters. The highest BCUT2D eigenvalue weighted by Gasteiger charge is 2.11. The highest BCUT2D eigenvalue weighted by Crippen LogP contribution is 2.21. The molecule has 0 spiro atoms. The number of furan rings is 1. The van der Waals surface area contributed by atoms with E-state index in [-0.39, 0.29) is 5.78 Å². The van der Waals surface area contributed by atoms with Crippen molar-refractivity contribution < 1.29 is 9.21 Å². The number of Topliss-reactive ketones (excluding diaryl/α,β-unsaturated/α-hetero) is 1. The molecule has 0 bridgehead atoms. The van der Waals surface area contributed by atoms with Crippen LogP contribution in [0, 0.1) is 6.92 Å². The third-order valence-electron chi connectivity index (χ3n) is 2.55. The van der Waals surface area contributed by atoms with Crippen molar-refractivity contribution in [3.63, 3.8) is 0 Å². The summed E-state index contributed by atoms with van der Waals surface area (Å²) in [5.41, 5.74) is 1.95. The van der Waals surface area contributed by atoms with Gasteiger partial charge in [0.25, 0.3) is 0 Å². The van der Waals surface area contributed by atoms with Gasteiger partial charge in [0, 0.05) is 18.4 Å². The minimum absolute atomic E-state index is 0.0446. The average molecular weight is 217 g/mol. The van der Waals surface area contributed by atoms with Crippen molar-refractivity contribution in [2.24, 2.45) is 0 Å². The van der Waals surface area contributed by atoms with E-state index in [2.05, 4.69) is 5.32 Å². The number of ketones is 1. The first-order chi connectivity index (χ1) is 7.70. The summed E-state index contributed by atoms with van der Waals surface area (Å²) >= 11 is 0. The number of carbonyl (C=O) groups excluding carboxylic acids is 1. The molecular formula is C13H15NO2. The maximum absolute atomic E-state index is 11.7. The maximum atomic E-state index is 11.7. The fourth-order valence-corrected chi connectivity index (χ4v) is 1.66. The number of fused-ring (bicyclic) bond motifs is 1. The highest BCUT2D eigenvalue weighted by atomic mass is 16.3. The van der Waals surface area contributed by atoms with Gasteiger partial charge in [0.2, 0.25) is 0 Å². The largest absolute Gasteiger partial charge is 0.453 e. The van der Waals surface area contributed by atoms with E-state index in [0.717, 1.165) is 11.0 Å². The second-order valence-corrected chi connectivity index (χ2v) is 3.93. The first-order valence-corrected chi connectivity index (χ1v) is 5.38. The molecule has 0 saturated heterocycles. The van der Waals surface area contributed by atoms with Gasteiger partial charge in [-0.15, -0.1) is 0 Å². The van der Waals surface area contributed by atoms with E-state index in [1.807, 2.05) is 38.2 Å². The predicted octanol–water partition coefficient (Wildman–Crippen LogP) is 2.53. The summed E-state index contributed by atoms with van der Waals surface area (Å²) in [5.74, 6) is 0.499. The van der Waals surface area contributed by atoms with E-state index in [1.54, 1.807) is 0 Å². The smallest absolute Gasteiger partial charge is 0.199 e. The molecule has 2 aromatic rings. The summed E-state index contributed by atoms with van der Waals surface area (Å²) in [6, 6.07) is 7.72. The highest BCUT2D eigenvalue weighted by molar-refractivity contribution is 5.97. The molecule has 3 heteroatoms. The molecule has 0 aliphatic rings. The first kappa shape index (κ1) is 10.9. The summed E-state index contributed by atoms with van der Waals surface area (Å²) in [4.78, 5) is 11.7. The molecular weight excluding hydrogens is 202 g/mol. The molecule has 84 valence electrons. The summed E-state index contributed by atoms with van der Waals surface area (Å²) < 4.78 is 5.50. The summed E-state index contributed by atoms with van der Waals surface area (Å²) in [5, 5.41) is 3.94. The van der Waals surface area contributed by atoms with Crippen molar-refractivity contribution in [3.8, 4) is 0 Å². The average Bonchev–Trinajstić information content (AvgIpc) is 2.68. The Labute approximate surface area is 94.4 Å². The van der Waals surface area contributed by atoms with Gasteiger partial charge >= 0.3 is 0 Å². The van der Waals surface area contributed by atoms with Crippen LogP contribution in [0.4, 0.5) is 0 Å². The lowest BCUT2D eigenvalue weighted by molar-refractivity contribution is 0.0958. The van der Waals surface area contributed by atoms with E-state index in [0.29, 0.717) is 18.7 Å².